The predicted octanol–water partition coefficient (Wildman–Crippen LogP) is 1.00. The fourth-order valence-electron chi connectivity index (χ4n) is 0.939. The number of likely N-dealkylation sites (N-methyl/N-ethyl adjacent to an activating group) is 1. The molecule has 0 saturated carbocycles. The van der Waals surface area contributed by atoms with E-state index in [1.807, 2.05) is 27.8 Å². The van der Waals surface area contributed by atoms with Crippen LogP contribution in [0.3, 0.4) is 0 Å². The third-order valence-electron chi connectivity index (χ3n) is 2.77. The lowest BCUT2D eigenvalue weighted by Crippen LogP contribution is -2.38. The molecule has 0 saturated heterocycles. The average Bonchev–Trinajstić information content (AvgIpc) is 2.12. The van der Waals surface area contributed by atoms with Crippen LogP contribution in [0, 0.1) is 5.41 Å². The number of aliphatic hydroxyl groups excluding tert-OH is 1. The molecule has 0 aromatic rings. The van der Waals surface area contributed by atoms with E-state index < -0.39 is 0 Å². The van der Waals surface area contributed by atoms with Gasteiger partial charge in [-0.25, -0.2) is 0 Å². The molecule has 0 radical (unpaired) electrons. The van der Waals surface area contributed by atoms with Gasteiger partial charge in [0.25, 0.3) is 0 Å². The normalized spacial score (nSPS) is 14.4. The Bertz CT molecular complexity index is 195. The highest BCUT2D eigenvalue weighted by Crippen LogP contribution is 2.21. The highest BCUT2D eigenvalue weighted by Gasteiger charge is 2.22. The maximum absolute atomic E-state index is 8.95. The number of hydrogen-bond donors (Lipinski definition) is 2. The SMILES string of the molecule is CC(CO)N(C)CCC(C)(C)C(N)=S. The molecule has 4 heteroatoms. The summed E-state index contributed by atoms with van der Waals surface area (Å²) >= 11 is 4.99. The Kier molecular flexibility index (Phi) is 5.56. The lowest BCUT2D eigenvalue weighted by molar-refractivity contribution is 0.150. The molecule has 1 unspecified atom stereocenters. The minimum atomic E-state index is -0.0984. The van der Waals surface area contributed by atoms with Crippen molar-refractivity contribution in [1.29, 1.82) is 0 Å². The Morgan fingerprint density at radius 2 is 2.07 bits per heavy atom. The lowest BCUT2D eigenvalue weighted by Gasteiger charge is -2.29. The molecule has 0 aromatic carbocycles. The quantitative estimate of drug-likeness (QED) is 0.653. The van der Waals surface area contributed by atoms with E-state index in [2.05, 4.69) is 4.90 Å². The Labute approximate surface area is 92.3 Å². The molecule has 0 aliphatic carbocycles. The van der Waals surface area contributed by atoms with E-state index in [9.17, 15) is 0 Å². The summed E-state index contributed by atoms with van der Waals surface area (Å²) in [5, 5.41) is 8.95. The number of nitrogens with two attached hydrogens (primary N) is 1. The topological polar surface area (TPSA) is 49.5 Å². The minimum Gasteiger partial charge on any atom is -0.395 e. The number of aliphatic hydroxyl groups is 1. The van der Waals surface area contributed by atoms with E-state index in [0.29, 0.717) is 4.99 Å². The molecular weight excluding hydrogens is 196 g/mol. The van der Waals surface area contributed by atoms with Crippen LogP contribution in [-0.4, -0.2) is 41.2 Å². The lowest BCUT2D eigenvalue weighted by atomic mass is 9.89. The molecule has 3 nitrogen and oxygen atoms in total. The first-order valence-electron chi connectivity index (χ1n) is 4.92. The van der Waals surface area contributed by atoms with Gasteiger partial charge in [0.05, 0.1) is 11.6 Å². The van der Waals surface area contributed by atoms with Gasteiger partial charge in [0.1, 0.15) is 0 Å². The summed E-state index contributed by atoms with van der Waals surface area (Å²) in [6, 6.07) is 0.192. The van der Waals surface area contributed by atoms with Gasteiger partial charge in [-0.3, -0.25) is 0 Å². The first-order valence-corrected chi connectivity index (χ1v) is 5.33. The van der Waals surface area contributed by atoms with Crippen LogP contribution in [0.25, 0.3) is 0 Å². The smallest absolute Gasteiger partial charge is 0.0784 e. The Morgan fingerprint density at radius 3 is 2.43 bits per heavy atom. The molecule has 0 spiro atoms. The first-order chi connectivity index (χ1) is 6.31. The van der Waals surface area contributed by atoms with Crippen molar-refractivity contribution >= 4 is 17.2 Å². The zero-order valence-corrected chi connectivity index (χ0v) is 10.4. The van der Waals surface area contributed by atoms with Crippen molar-refractivity contribution in [2.24, 2.45) is 11.1 Å². The van der Waals surface area contributed by atoms with Crippen LogP contribution < -0.4 is 5.73 Å². The van der Waals surface area contributed by atoms with Gasteiger partial charge in [-0.1, -0.05) is 26.1 Å². The van der Waals surface area contributed by atoms with Gasteiger partial charge in [-0.2, -0.15) is 0 Å². The molecule has 1 atom stereocenters. The second-order valence-corrected chi connectivity index (χ2v) is 4.95. The van der Waals surface area contributed by atoms with E-state index >= 15 is 0 Å². The third-order valence-corrected chi connectivity index (χ3v) is 3.33. The Morgan fingerprint density at radius 1 is 1.57 bits per heavy atom. The van der Waals surface area contributed by atoms with E-state index in [1.165, 1.54) is 0 Å². The second kappa shape index (κ2) is 5.63. The molecule has 3 N–H and O–H groups in total. The van der Waals surface area contributed by atoms with E-state index in [-0.39, 0.29) is 18.1 Å². The largest absolute Gasteiger partial charge is 0.395 e. The fraction of sp³-hybridized carbons (Fsp3) is 0.900. The summed E-state index contributed by atoms with van der Waals surface area (Å²) in [6.45, 7) is 7.17. The standard InChI is InChI=1S/C10H22N2OS/c1-8(7-13)12(4)6-5-10(2,3)9(11)14/h8,13H,5-7H2,1-4H3,(H2,11,14). The number of nitrogens with zero attached hydrogens (tertiary/aromatic N) is 1. The van der Waals surface area contributed by atoms with Gasteiger partial charge in [0, 0.05) is 11.5 Å². The molecule has 0 fully saturated rings. The first kappa shape index (κ1) is 13.8. The Balaban J connectivity index is 3.99. The molecule has 0 aliphatic rings. The average molecular weight is 218 g/mol. The van der Waals surface area contributed by atoms with Crippen LogP contribution in [0.5, 0.6) is 0 Å². The van der Waals surface area contributed by atoms with Crippen molar-refractivity contribution in [2.75, 3.05) is 20.2 Å². The molecule has 0 bridgehead atoms. The summed E-state index contributed by atoms with van der Waals surface area (Å²) in [5.41, 5.74) is 5.53. The number of rotatable bonds is 6. The van der Waals surface area contributed by atoms with Crippen molar-refractivity contribution < 1.29 is 5.11 Å². The van der Waals surface area contributed by atoms with Crippen LogP contribution in [0.2, 0.25) is 0 Å². The maximum atomic E-state index is 8.95. The van der Waals surface area contributed by atoms with Crippen molar-refractivity contribution in [3.05, 3.63) is 0 Å². The van der Waals surface area contributed by atoms with E-state index in [4.69, 9.17) is 23.1 Å². The second-order valence-electron chi connectivity index (χ2n) is 4.51. The molecule has 14 heavy (non-hydrogen) atoms. The van der Waals surface area contributed by atoms with Gasteiger partial charge in [0.15, 0.2) is 0 Å². The van der Waals surface area contributed by atoms with E-state index in [1.54, 1.807) is 0 Å². The summed E-state index contributed by atoms with van der Waals surface area (Å²) < 4.78 is 0. The van der Waals surface area contributed by atoms with Gasteiger partial charge in [0.2, 0.25) is 0 Å². The predicted molar refractivity (Wildman–Crippen MR) is 64.4 cm³/mol. The van der Waals surface area contributed by atoms with Crippen molar-refractivity contribution in [1.82, 2.24) is 4.90 Å². The van der Waals surface area contributed by atoms with Crippen LogP contribution in [-0.2, 0) is 0 Å². The molecule has 0 amide bonds. The third kappa shape index (κ3) is 4.35. The van der Waals surface area contributed by atoms with Crippen molar-refractivity contribution in [3.8, 4) is 0 Å². The fourth-order valence-corrected chi connectivity index (χ4v) is 1.04. The molecule has 0 aromatic heterocycles. The molecule has 0 rings (SSSR count). The van der Waals surface area contributed by atoms with Gasteiger partial charge in [-0.15, -0.1) is 0 Å². The van der Waals surface area contributed by atoms with E-state index in [0.717, 1.165) is 13.0 Å². The van der Waals surface area contributed by atoms with Crippen LogP contribution in [0.4, 0.5) is 0 Å². The zero-order valence-electron chi connectivity index (χ0n) is 9.58. The summed E-state index contributed by atoms with van der Waals surface area (Å²) in [4.78, 5) is 2.67. The van der Waals surface area contributed by atoms with Crippen molar-refractivity contribution in [3.63, 3.8) is 0 Å². The molecule has 0 aliphatic heterocycles. The number of hydrogen-bond acceptors (Lipinski definition) is 3. The minimum absolute atomic E-state index is 0.0984. The van der Waals surface area contributed by atoms with Crippen LogP contribution >= 0.6 is 12.2 Å². The monoisotopic (exact) mass is 218 g/mol. The van der Waals surface area contributed by atoms with Crippen LogP contribution in [0.1, 0.15) is 27.2 Å². The molecular formula is C10H22N2OS. The summed E-state index contributed by atoms with van der Waals surface area (Å²) in [6.07, 6.45) is 0.920. The van der Waals surface area contributed by atoms with Gasteiger partial charge < -0.3 is 15.7 Å². The zero-order chi connectivity index (χ0) is 11.4. The molecule has 0 heterocycles. The van der Waals surface area contributed by atoms with Gasteiger partial charge >= 0.3 is 0 Å². The highest BCUT2D eigenvalue weighted by atomic mass is 32.1. The summed E-state index contributed by atoms with van der Waals surface area (Å²) in [7, 11) is 2.00. The summed E-state index contributed by atoms with van der Waals surface area (Å²) in [5.74, 6) is 0. The Hall–Kier alpha value is -0.190. The van der Waals surface area contributed by atoms with Crippen molar-refractivity contribution in [2.45, 2.75) is 33.2 Å². The van der Waals surface area contributed by atoms with Gasteiger partial charge in [-0.05, 0) is 26.9 Å². The van der Waals surface area contributed by atoms with Crippen LogP contribution in [0.15, 0.2) is 0 Å². The highest BCUT2D eigenvalue weighted by molar-refractivity contribution is 7.80. The molecule has 84 valence electrons. The number of thiocarbonyl (C=S) groups is 1. The maximum Gasteiger partial charge on any atom is 0.0784 e.